The molecule has 0 unspecified atom stereocenters. The maximum atomic E-state index is 15.0. The smallest absolute Gasteiger partial charge is 0.253 e. The van der Waals surface area contributed by atoms with Crippen molar-refractivity contribution in [1.29, 1.82) is 0 Å². The van der Waals surface area contributed by atoms with E-state index in [0.717, 1.165) is 81.3 Å². The molecule has 5 rings (SSSR count). The van der Waals surface area contributed by atoms with E-state index in [1.165, 1.54) is 11.3 Å². The van der Waals surface area contributed by atoms with Crippen molar-refractivity contribution in [1.82, 2.24) is 20.6 Å². The van der Waals surface area contributed by atoms with Crippen LogP contribution in [-0.2, 0) is 17.8 Å². The first kappa shape index (κ1) is 31.2. The van der Waals surface area contributed by atoms with Crippen LogP contribution in [0.15, 0.2) is 35.3 Å². The van der Waals surface area contributed by atoms with E-state index in [9.17, 15) is 4.79 Å². The molecule has 2 aliphatic rings. The van der Waals surface area contributed by atoms with Crippen molar-refractivity contribution in [2.24, 2.45) is 0 Å². The molecule has 8 nitrogen and oxygen atoms in total. The van der Waals surface area contributed by atoms with E-state index in [4.69, 9.17) is 9.72 Å². The van der Waals surface area contributed by atoms with Gasteiger partial charge in [0, 0.05) is 93.6 Å². The number of hydrogen-bond donors (Lipinski definition) is 3. The molecule has 9 heteroatoms. The Balaban J connectivity index is 1.47. The van der Waals surface area contributed by atoms with Crippen molar-refractivity contribution in [2.75, 3.05) is 55.7 Å². The molecule has 0 spiro atoms. The zero-order valence-electron chi connectivity index (χ0n) is 26.4. The van der Waals surface area contributed by atoms with E-state index >= 15 is 4.39 Å². The van der Waals surface area contributed by atoms with Crippen LogP contribution in [0.1, 0.15) is 67.5 Å². The molecule has 0 radical (unpaired) electrons. The van der Waals surface area contributed by atoms with Crippen LogP contribution in [0.5, 0.6) is 0 Å². The Morgan fingerprint density at radius 3 is 2.51 bits per heavy atom. The summed E-state index contributed by atoms with van der Waals surface area (Å²) in [5.74, 6) is 0.593. The molecule has 3 N–H and O–H groups in total. The van der Waals surface area contributed by atoms with Crippen LogP contribution in [0.4, 0.5) is 15.9 Å². The lowest BCUT2D eigenvalue weighted by atomic mass is 9.95. The zero-order valence-corrected chi connectivity index (χ0v) is 26.4. The number of piperazine rings is 1. The van der Waals surface area contributed by atoms with Gasteiger partial charge in [-0.1, -0.05) is 13.8 Å². The quantitative estimate of drug-likeness (QED) is 0.306. The highest BCUT2D eigenvalue weighted by Crippen LogP contribution is 2.34. The second-order valence-corrected chi connectivity index (χ2v) is 12.1. The number of H-pyrrole nitrogens is 1. The topological polar surface area (TPSA) is 85.5 Å². The third kappa shape index (κ3) is 6.95. The third-order valence-electron chi connectivity index (χ3n) is 8.95. The molecule has 2 saturated heterocycles. The summed E-state index contributed by atoms with van der Waals surface area (Å²) < 4.78 is 20.7. The van der Waals surface area contributed by atoms with E-state index < -0.39 is 0 Å². The standard InChI is InChI=1S/C34H47FN6O2/c1-6-41(28-9-15-43-16-10-28)30-18-26(25-7-8-31(38-20-25)40-13-11-36-12-14-40)17-27(23(30)4)19-37-21-29-32(22(2)3)33(35)24(5)39-34(29)42/h7-8,17-18,20,22,28,36-37H,6,9-16,19,21H2,1-5H3,(H,39,42). The lowest BCUT2D eigenvalue weighted by Crippen LogP contribution is -2.43. The SMILES string of the molecule is CCN(c1cc(-c2ccc(N3CCNCC3)nc2)cc(CNCc2c(C(C)C)c(F)c(C)[nH]c2=O)c1C)C1CCOCC1. The Hall–Kier alpha value is -3.27. The van der Waals surface area contributed by atoms with Gasteiger partial charge in [-0.05, 0) is 80.5 Å². The van der Waals surface area contributed by atoms with Crippen molar-refractivity contribution >= 4 is 11.5 Å². The van der Waals surface area contributed by atoms with Gasteiger partial charge >= 0.3 is 0 Å². The number of benzene rings is 1. The Kier molecular flexibility index (Phi) is 10.2. The number of nitrogens with one attached hydrogen (secondary N) is 3. The molecular formula is C34H47FN6O2. The molecule has 0 aliphatic carbocycles. The van der Waals surface area contributed by atoms with Gasteiger partial charge in [-0.2, -0.15) is 0 Å². The summed E-state index contributed by atoms with van der Waals surface area (Å²) in [6.07, 6.45) is 3.99. The van der Waals surface area contributed by atoms with E-state index in [1.807, 2.05) is 20.0 Å². The van der Waals surface area contributed by atoms with Gasteiger partial charge in [-0.3, -0.25) is 4.79 Å². The number of aromatic amines is 1. The molecule has 4 heterocycles. The number of pyridine rings is 2. The number of hydrogen-bond acceptors (Lipinski definition) is 7. The van der Waals surface area contributed by atoms with Crippen molar-refractivity contribution in [3.05, 3.63) is 74.6 Å². The number of aryl methyl sites for hydroxylation is 1. The van der Waals surface area contributed by atoms with Crippen molar-refractivity contribution in [2.45, 2.75) is 72.5 Å². The summed E-state index contributed by atoms with van der Waals surface area (Å²) in [5, 5.41) is 6.88. The maximum Gasteiger partial charge on any atom is 0.253 e. The highest BCUT2D eigenvalue weighted by molar-refractivity contribution is 5.73. The molecule has 2 fully saturated rings. The third-order valence-corrected chi connectivity index (χ3v) is 8.95. The average Bonchev–Trinajstić information content (AvgIpc) is 3.02. The summed E-state index contributed by atoms with van der Waals surface area (Å²) in [7, 11) is 0. The predicted molar refractivity (Wildman–Crippen MR) is 173 cm³/mol. The Morgan fingerprint density at radius 2 is 1.86 bits per heavy atom. The number of halogens is 1. The minimum absolute atomic E-state index is 0.0938. The Morgan fingerprint density at radius 1 is 1.12 bits per heavy atom. The largest absolute Gasteiger partial charge is 0.381 e. The summed E-state index contributed by atoms with van der Waals surface area (Å²) in [6.45, 7) is 17.0. The molecule has 232 valence electrons. The fourth-order valence-corrected chi connectivity index (χ4v) is 6.52. The first-order valence-corrected chi connectivity index (χ1v) is 15.8. The van der Waals surface area contributed by atoms with Gasteiger partial charge in [0.1, 0.15) is 11.6 Å². The molecule has 0 amide bonds. The summed E-state index contributed by atoms with van der Waals surface area (Å²) in [4.78, 5) is 25.2. The van der Waals surface area contributed by atoms with Gasteiger partial charge in [-0.25, -0.2) is 9.37 Å². The van der Waals surface area contributed by atoms with Gasteiger partial charge in [0.2, 0.25) is 0 Å². The molecule has 0 atom stereocenters. The number of nitrogens with zero attached hydrogens (tertiary/aromatic N) is 3. The minimum Gasteiger partial charge on any atom is -0.381 e. The van der Waals surface area contributed by atoms with Crippen LogP contribution in [0.3, 0.4) is 0 Å². The number of aromatic nitrogens is 2. The van der Waals surface area contributed by atoms with E-state index in [0.29, 0.717) is 23.7 Å². The number of rotatable bonds is 10. The van der Waals surface area contributed by atoms with E-state index in [2.05, 4.69) is 63.5 Å². The van der Waals surface area contributed by atoms with Gasteiger partial charge in [0.05, 0.1) is 5.69 Å². The molecule has 43 heavy (non-hydrogen) atoms. The highest BCUT2D eigenvalue weighted by Gasteiger charge is 2.24. The first-order chi connectivity index (χ1) is 20.8. The molecule has 2 aromatic heterocycles. The van der Waals surface area contributed by atoms with Crippen molar-refractivity contribution < 1.29 is 9.13 Å². The second kappa shape index (κ2) is 14.0. The van der Waals surface area contributed by atoms with Gasteiger partial charge in [0.15, 0.2) is 0 Å². The summed E-state index contributed by atoms with van der Waals surface area (Å²) in [6, 6.07) is 9.25. The summed E-state index contributed by atoms with van der Waals surface area (Å²) >= 11 is 0. The van der Waals surface area contributed by atoms with E-state index in [-0.39, 0.29) is 29.5 Å². The molecule has 1 aromatic carbocycles. The summed E-state index contributed by atoms with van der Waals surface area (Å²) in [5.41, 5.74) is 6.79. The lowest BCUT2D eigenvalue weighted by molar-refractivity contribution is 0.0846. The molecule has 3 aromatic rings. The predicted octanol–water partition coefficient (Wildman–Crippen LogP) is 5.02. The van der Waals surface area contributed by atoms with Crippen LogP contribution >= 0.6 is 0 Å². The van der Waals surface area contributed by atoms with E-state index in [1.54, 1.807) is 6.92 Å². The monoisotopic (exact) mass is 590 g/mol. The van der Waals surface area contributed by atoms with Crippen LogP contribution < -0.4 is 26.0 Å². The Bertz CT molecular complexity index is 1440. The fourth-order valence-electron chi connectivity index (χ4n) is 6.52. The minimum atomic E-state index is -0.321. The average molecular weight is 591 g/mol. The van der Waals surface area contributed by atoms with Crippen LogP contribution in [0.25, 0.3) is 11.1 Å². The second-order valence-electron chi connectivity index (χ2n) is 12.1. The number of anilines is 2. The van der Waals surface area contributed by atoms with Crippen LogP contribution in [0.2, 0.25) is 0 Å². The maximum absolute atomic E-state index is 15.0. The lowest BCUT2D eigenvalue weighted by Gasteiger charge is -2.37. The van der Waals surface area contributed by atoms with Crippen molar-refractivity contribution in [3.8, 4) is 11.1 Å². The fraction of sp³-hybridized carbons (Fsp3) is 0.529. The van der Waals surface area contributed by atoms with Crippen LogP contribution in [-0.4, -0.2) is 61.9 Å². The van der Waals surface area contributed by atoms with Gasteiger partial charge < -0.3 is 30.2 Å². The first-order valence-electron chi connectivity index (χ1n) is 15.8. The molecule has 0 bridgehead atoms. The Labute approximate surface area is 255 Å². The van der Waals surface area contributed by atoms with Gasteiger partial charge in [-0.15, -0.1) is 0 Å². The zero-order chi connectivity index (χ0) is 30.5. The molecule has 2 aliphatic heterocycles. The highest BCUT2D eigenvalue weighted by atomic mass is 19.1. The number of ether oxygens (including phenoxy) is 1. The molecular weight excluding hydrogens is 543 g/mol. The van der Waals surface area contributed by atoms with Crippen molar-refractivity contribution in [3.63, 3.8) is 0 Å². The molecule has 0 saturated carbocycles. The van der Waals surface area contributed by atoms with Gasteiger partial charge in [0.25, 0.3) is 5.56 Å². The normalized spacial score (nSPS) is 16.2. The van der Waals surface area contributed by atoms with Crippen LogP contribution in [0, 0.1) is 19.7 Å².